The minimum atomic E-state index is -4.45. The van der Waals surface area contributed by atoms with E-state index in [9.17, 15) is 22.8 Å². The number of hydrogen-bond donors (Lipinski definition) is 2. The molecule has 31 heavy (non-hydrogen) atoms. The van der Waals surface area contributed by atoms with Gasteiger partial charge in [0.15, 0.2) is 5.13 Å². The average molecular weight is 456 g/mol. The fourth-order valence-corrected chi connectivity index (χ4v) is 3.93. The molecule has 1 fully saturated rings. The van der Waals surface area contributed by atoms with Crippen molar-refractivity contribution in [3.05, 3.63) is 40.9 Å². The van der Waals surface area contributed by atoms with E-state index in [1.54, 1.807) is 11.8 Å². The molecule has 1 saturated heterocycles. The fourth-order valence-electron chi connectivity index (χ4n) is 3.22. The molecule has 7 nitrogen and oxygen atoms in total. The average Bonchev–Trinajstić information content (AvgIpc) is 3.21. The van der Waals surface area contributed by atoms with Crippen LogP contribution in [0.4, 0.5) is 24.0 Å². The molecule has 0 saturated carbocycles. The molecule has 2 N–H and O–H groups in total. The van der Waals surface area contributed by atoms with Gasteiger partial charge in [0, 0.05) is 37.2 Å². The molecule has 1 aliphatic rings. The Morgan fingerprint density at radius 1 is 1.23 bits per heavy atom. The van der Waals surface area contributed by atoms with Crippen LogP contribution in [0.1, 0.15) is 29.9 Å². The van der Waals surface area contributed by atoms with Crippen molar-refractivity contribution in [1.82, 2.24) is 20.1 Å². The van der Waals surface area contributed by atoms with E-state index in [1.165, 1.54) is 17.5 Å². The Balaban J connectivity index is 1.57. The van der Waals surface area contributed by atoms with Crippen molar-refractivity contribution in [2.24, 2.45) is 0 Å². The van der Waals surface area contributed by atoms with Crippen molar-refractivity contribution >= 4 is 34.0 Å². The van der Waals surface area contributed by atoms with Crippen LogP contribution in [0.5, 0.6) is 0 Å². The third-order valence-corrected chi connectivity index (χ3v) is 5.78. The summed E-state index contributed by atoms with van der Waals surface area (Å²) >= 11 is 1.09. The van der Waals surface area contributed by atoms with Gasteiger partial charge >= 0.3 is 6.18 Å². The summed E-state index contributed by atoms with van der Waals surface area (Å²) in [7, 11) is 0. The van der Waals surface area contributed by atoms with Crippen molar-refractivity contribution in [1.29, 1.82) is 0 Å². The SMILES string of the molecule is CCN1CCN(C(=O)C(C)NC(=O)c2csc(Nc3cccc(C(F)(F)F)c3)n2)CC1. The highest BCUT2D eigenvalue weighted by molar-refractivity contribution is 7.14. The Morgan fingerprint density at radius 2 is 1.94 bits per heavy atom. The minimum Gasteiger partial charge on any atom is -0.339 e. The number of hydrogen-bond acceptors (Lipinski definition) is 6. The molecule has 1 aromatic carbocycles. The van der Waals surface area contributed by atoms with Gasteiger partial charge in [0.25, 0.3) is 5.91 Å². The van der Waals surface area contributed by atoms with E-state index in [-0.39, 0.29) is 22.4 Å². The molecule has 0 aliphatic carbocycles. The molecule has 2 aromatic rings. The Bertz CT molecular complexity index is 926. The number of carbonyl (C=O) groups is 2. The molecule has 0 radical (unpaired) electrons. The monoisotopic (exact) mass is 455 g/mol. The largest absolute Gasteiger partial charge is 0.416 e. The zero-order valence-corrected chi connectivity index (χ0v) is 18.0. The highest BCUT2D eigenvalue weighted by Gasteiger charge is 2.30. The third kappa shape index (κ3) is 5.95. The topological polar surface area (TPSA) is 77.6 Å². The Hall–Kier alpha value is -2.66. The van der Waals surface area contributed by atoms with Gasteiger partial charge in [0.1, 0.15) is 11.7 Å². The zero-order chi connectivity index (χ0) is 22.6. The van der Waals surface area contributed by atoms with Crippen LogP contribution < -0.4 is 10.6 Å². The number of carbonyl (C=O) groups excluding carboxylic acids is 2. The number of thiazole rings is 1. The van der Waals surface area contributed by atoms with Crippen LogP contribution in [0.15, 0.2) is 29.6 Å². The molecule has 3 rings (SSSR count). The van der Waals surface area contributed by atoms with E-state index in [1.807, 2.05) is 0 Å². The lowest BCUT2D eigenvalue weighted by Crippen LogP contribution is -2.54. The predicted octanol–water partition coefficient (Wildman–Crippen LogP) is 3.19. The van der Waals surface area contributed by atoms with E-state index < -0.39 is 23.7 Å². The van der Waals surface area contributed by atoms with Crippen LogP contribution >= 0.6 is 11.3 Å². The Morgan fingerprint density at radius 3 is 2.58 bits per heavy atom. The van der Waals surface area contributed by atoms with Gasteiger partial charge in [-0.25, -0.2) is 4.98 Å². The molecule has 1 aromatic heterocycles. The first kappa shape index (κ1) is 23.0. The van der Waals surface area contributed by atoms with Gasteiger partial charge in [-0.3, -0.25) is 9.59 Å². The number of benzene rings is 1. The van der Waals surface area contributed by atoms with Crippen molar-refractivity contribution in [3.8, 4) is 0 Å². The molecule has 0 bridgehead atoms. The summed E-state index contributed by atoms with van der Waals surface area (Å²) in [5.41, 5.74) is -0.472. The van der Waals surface area contributed by atoms with Crippen LogP contribution in [-0.2, 0) is 11.0 Å². The van der Waals surface area contributed by atoms with Gasteiger partial charge < -0.3 is 20.4 Å². The number of halogens is 3. The number of nitrogens with one attached hydrogen (secondary N) is 2. The van der Waals surface area contributed by atoms with E-state index >= 15 is 0 Å². The first-order chi connectivity index (χ1) is 14.7. The quantitative estimate of drug-likeness (QED) is 0.700. The molecule has 1 atom stereocenters. The highest BCUT2D eigenvalue weighted by atomic mass is 32.1. The smallest absolute Gasteiger partial charge is 0.339 e. The maximum Gasteiger partial charge on any atom is 0.416 e. The standard InChI is InChI=1S/C20H24F3N5O2S/c1-3-27-7-9-28(10-8-27)18(30)13(2)24-17(29)16-12-31-19(26-16)25-15-6-4-5-14(11-15)20(21,22)23/h4-6,11-13H,3,7-10H2,1-2H3,(H,24,29)(H,25,26). The van der Waals surface area contributed by atoms with Crippen LogP contribution in [0.2, 0.25) is 0 Å². The summed E-state index contributed by atoms with van der Waals surface area (Å²) in [6.45, 7) is 7.49. The molecule has 2 amide bonds. The minimum absolute atomic E-state index is 0.0925. The van der Waals surface area contributed by atoms with Gasteiger partial charge in [0.2, 0.25) is 5.91 Å². The molecule has 11 heteroatoms. The van der Waals surface area contributed by atoms with Gasteiger partial charge in [0.05, 0.1) is 5.56 Å². The second-order valence-corrected chi connectivity index (χ2v) is 8.05. The van der Waals surface area contributed by atoms with Gasteiger partial charge in [-0.05, 0) is 31.7 Å². The third-order valence-electron chi connectivity index (χ3n) is 5.03. The number of anilines is 2. The molecular formula is C20H24F3N5O2S. The number of amides is 2. The van der Waals surface area contributed by atoms with Gasteiger partial charge in [-0.15, -0.1) is 11.3 Å². The van der Waals surface area contributed by atoms with E-state index in [4.69, 9.17) is 0 Å². The number of alkyl halides is 3. The molecule has 0 spiro atoms. The summed E-state index contributed by atoms with van der Waals surface area (Å²) in [4.78, 5) is 33.2. The maximum atomic E-state index is 12.8. The van der Waals surface area contributed by atoms with Crippen molar-refractivity contribution < 1.29 is 22.8 Å². The molecule has 1 aliphatic heterocycles. The lowest BCUT2D eigenvalue weighted by Gasteiger charge is -2.35. The van der Waals surface area contributed by atoms with Crippen molar-refractivity contribution in [3.63, 3.8) is 0 Å². The second-order valence-electron chi connectivity index (χ2n) is 7.20. The zero-order valence-electron chi connectivity index (χ0n) is 17.2. The molecule has 168 valence electrons. The number of likely N-dealkylation sites (N-methyl/N-ethyl adjacent to an activating group) is 1. The lowest BCUT2D eigenvalue weighted by molar-refractivity contribution is -0.137. The first-order valence-electron chi connectivity index (χ1n) is 9.89. The van der Waals surface area contributed by atoms with E-state index in [0.717, 1.165) is 43.1 Å². The predicted molar refractivity (Wildman–Crippen MR) is 112 cm³/mol. The fraction of sp³-hybridized carbons (Fsp3) is 0.450. The summed E-state index contributed by atoms with van der Waals surface area (Å²) in [6, 6.07) is 4.02. The summed E-state index contributed by atoms with van der Waals surface area (Å²) in [5.74, 6) is -0.664. The summed E-state index contributed by atoms with van der Waals surface area (Å²) < 4.78 is 38.5. The second kappa shape index (κ2) is 9.65. The van der Waals surface area contributed by atoms with Crippen molar-refractivity contribution in [2.75, 3.05) is 38.0 Å². The summed E-state index contributed by atoms with van der Waals surface area (Å²) in [5, 5.41) is 7.19. The molecule has 2 heterocycles. The van der Waals surface area contributed by atoms with Crippen LogP contribution in [0, 0.1) is 0 Å². The van der Waals surface area contributed by atoms with Crippen molar-refractivity contribution in [2.45, 2.75) is 26.1 Å². The van der Waals surface area contributed by atoms with Crippen LogP contribution in [0.3, 0.4) is 0 Å². The number of rotatable bonds is 6. The number of aromatic nitrogens is 1. The van der Waals surface area contributed by atoms with Crippen LogP contribution in [0.25, 0.3) is 0 Å². The number of nitrogens with zero attached hydrogens (tertiary/aromatic N) is 3. The normalized spacial score (nSPS) is 16.1. The van der Waals surface area contributed by atoms with Crippen LogP contribution in [-0.4, -0.2) is 65.4 Å². The van der Waals surface area contributed by atoms with Gasteiger partial charge in [-0.1, -0.05) is 13.0 Å². The molecular weight excluding hydrogens is 431 g/mol. The lowest BCUT2D eigenvalue weighted by atomic mass is 10.2. The Kier molecular flexibility index (Phi) is 7.16. The first-order valence-corrected chi connectivity index (χ1v) is 10.8. The van der Waals surface area contributed by atoms with E-state index in [2.05, 4.69) is 27.4 Å². The van der Waals surface area contributed by atoms with E-state index in [0.29, 0.717) is 13.1 Å². The summed E-state index contributed by atoms with van der Waals surface area (Å²) in [6.07, 6.45) is -4.45. The maximum absolute atomic E-state index is 12.8. The number of piperazine rings is 1. The Labute approximate surface area is 182 Å². The highest BCUT2D eigenvalue weighted by Crippen LogP contribution is 2.31. The molecule has 1 unspecified atom stereocenters. The van der Waals surface area contributed by atoms with Gasteiger partial charge in [-0.2, -0.15) is 13.2 Å².